The summed E-state index contributed by atoms with van der Waals surface area (Å²) in [7, 11) is -3.02. The molecule has 5 atom stereocenters. The van der Waals surface area contributed by atoms with Crippen LogP contribution in [0.1, 0.15) is 85.5 Å². The topological polar surface area (TPSA) is 195 Å². The van der Waals surface area contributed by atoms with E-state index in [-0.39, 0.29) is 48.3 Å². The summed E-state index contributed by atoms with van der Waals surface area (Å²) in [6.07, 6.45) is -1.72. The van der Waals surface area contributed by atoms with Crippen molar-refractivity contribution in [3.05, 3.63) is 184 Å². The van der Waals surface area contributed by atoms with Crippen molar-refractivity contribution in [3.8, 4) is 0 Å². The van der Waals surface area contributed by atoms with Gasteiger partial charge in [-0.1, -0.05) is 144 Å². The number of amides is 1. The maximum Gasteiger partial charge on any atom is 0.338 e. The van der Waals surface area contributed by atoms with Gasteiger partial charge in [-0.3, -0.25) is 24.8 Å². The smallest absolute Gasteiger partial charge is 0.338 e. The summed E-state index contributed by atoms with van der Waals surface area (Å²) in [5, 5.41) is 19.2. The zero-order chi connectivity index (χ0) is 50.1. The fourth-order valence-electron chi connectivity index (χ4n) is 9.07. The number of non-ortho nitro benzene ring substituents is 1. The number of hydrogen-bond donors (Lipinski definition) is 2. The Balaban J connectivity index is 1.17. The molecule has 0 aliphatic carbocycles. The van der Waals surface area contributed by atoms with E-state index in [0.29, 0.717) is 35.5 Å². The highest BCUT2D eigenvalue weighted by Gasteiger charge is 2.53. The lowest BCUT2D eigenvalue weighted by Gasteiger charge is -2.43. The first kappa shape index (κ1) is 50.1. The Bertz CT molecular complexity index is 2770. The van der Waals surface area contributed by atoms with Crippen LogP contribution in [0.5, 0.6) is 0 Å². The Labute approximate surface area is 413 Å². The molecular formula is C54H58N6O10Si. The van der Waals surface area contributed by atoms with E-state index >= 15 is 0 Å². The summed E-state index contributed by atoms with van der Waals surface area (Å²) in [6.45, 7) is 10.3. The third-order valence-corrected chi connectivity index (χ3v) is 17.7. The van der Waals surface area contributed by atoms with E-state index in [1.165, 1.54) is 18.5 Å². The summed E-state index contributed by atoms with van der Waals surface area (Å²) in [4.78, 5) is 61.2. The van der Waals surface area contributed by atoms with E-state index in [4.69, 9.17) is 33.3 Å². The lowest BCUT2D eigenvalue weighted by molar-refractivity contribution is -0.384. The second-order valence-electron chi connectivity index (χ2n) is 18.8. The van der Waals surface area contributed by atoms with Crippen molar-refractivity contribution < 1.29 is 42.7 Å². The third kappa shape index (κ3) is 11.3. The number of imidazole rings is 1. The molecule has 6 aromatic rings. The van der Waals surface area contributed by atoms with E-state index < -0.39 is 55.8 Å². The van der Waals surface area contributed by atoms with Gasteiger partial charge in [0.1, 0.15) is 12.3 Å². The molecule has 8 rings (SSSR count). The number of nitrogens with zero attached hydrogens (tertiary/aromatic N) is 4. The predicted octanol–water partition coefficient (Wildman–Crippen LogP) is 8.17. The number of carbonyl (C=O) groups is 3. The van der Waals surface area contributed by atoms with Gasteiger partial charge in [-0.15, -0.1) is 0 Å². The van der Waals surface area contributed by atoms with Gasteiger partial charge in [0, 0.05) is 24.7 Å². The van der Waals surface area contributed by atoms with Crippen molar-refractivity contribution in [2.24, 2.45) is 16.8 Å². The number of aliphatic imine (C=N–C) groups is 1. The number of nitrogens with one attached hydrogen (secondary N) is 2. The zero-order valence-corrected chi connectivity index (χ0v) is 41.3. The second-order valence-corrected chi connectivity index (χ2v) is 23.1. The summed E-state index contributed by atoms with van der Waals surface area (Å²) in [5.41, 5.74) is 1.83. The number of carbonyl (C=O) groups excluding carboxylic acids is 3. The highest BCUT2D eigenvalue weighted by atomic mass is 28.4. The van der Waals surface area contributed by atoms with Crippen LogP contribution in [-0.2, 0) is 34.6 Å². The average Bonchev–Trinajstić information content (AvgIpc) is 3.95. The van der Waals surface area contributed by atoms with Gasteiger partial charge in [-0.2, -0.15) is 0 Å². The van der Waals surface area contributed by atoms with Crippen LogP contribution in [0, 0.1) is 22.0 Å². The van der Waals surface area contributed by atoms with Gasteiger partial charge in [0.05, 0.1) is 41.0 Å². The van der Waals surface area contributed by atoms with Crippen molar-refractivity contribution in [2.45, 2.75) is 77.2 Å². The van der Waals surface area contributed by atoms with E-state index in [1.54, 1.807) is 85.1 Å². The number of benzene rings is 5. The highest BCUT2D eigenvalue weighted by Crippen LogP contribution is 2.43. The lowest BCUT2D eigenvalue weighted by atomic mass is 9.96. The molecule has 368 valence electrons. The number of nitro benzene ring substituents is 1. The van der Waals surface area contributed by atoms with Crippen LogP contribution in [0.2, 0.25) is 5.04 Å². The molecule has 16 nitrogen and oxygen atoms in total. The van der Waals surface area contributed by atoms with Gasteiger partial charge in [0.2, 0.25) is 11.9 Å². The van der Waals surface area contributed by atoms with E-state index in [2.05, 4.69) is 55.7 Å². The Morgan fingerprint density at radius 1 is 0.817 bits per heavy atom. The molecule has 5 aromatic carbocycles. The number of nitro groups is 1. The van der Waals surface area contributed by atoms with Gasteiger partial charge in [0.15, 0.2) is 24.4 Å². The molecule has 1 fully saturated rings. The Hall–Kier alpha value is -7.31. The number of esters is 2. The average molecular weight is 979 g/mol. The Morgan fingerprint density at radius 2 is 1.39 bits per heavy atom. The molecule has 1 unspecified atom stereocenters. The number of hydrogen-bond acceptors (Lipinski definition) is 13. The SMILES string of the molecule is CC(C)C(=O)NC1=NC(OCCc2ccc([N+](=O)[O-])cc2)c2c(ncn2[C@@H]2O[C@H](CCO[Si](c3ccccc3)(c3ccccc3)C(C)(C)C)[C@@H](COC(=O)c3ccccc3)[C@H]2OC(=O)c2ccccc2)N1. The number of rotatable bonds is 18. The molecule has 71 heavy (non-hydrogen) atoms. The number of aromatic nitrogens is 2. The first-order valence-electron chi connectivity index (χ1n) is 23.7. The van der Waals surface area contributed by atoms with Crippen LogP contribution in [0.25, 0.3) is 0 Å². The number of guanidine groups is 1. The maximum absolute atomic E-state index is 14.2. The van der Waals surface area contributed by atoms with Crippen LogP contribution in [-0.4, -0.2) is 78.6 Å². The fourth-order valence-corrected chi connectivity index (χ4v) is 13.6. The molecule has 0 saturated carbocycles. The number of anilines is 1. The van der Waals surface area contributed by atoms with Gasteiger partial charge in [-0.25, -0.2) is 19.6 Å². The number of fused-ring (bicyclic) bond motifs is 1. The maximum atomic E-state index is 14.2. The minimum atomic E-state index is -3.02. The second kappa shape index (κ2) is 22.2. The van der Waals surface area contributed by atoms with Gasteiger partial charge in [-0.05, 0) is 58.1 Å². The van der Waals surface area contributed by atoms with Crippen molar-refractivity contribution in [1.82, 2.24) is 14.9 Å². The lowest BCUT2D eigenvalue weighted by Crippen LogP contribution is -2.66. The molecule has 0 radical (unpaired) electrons. The summed E-state index contributed by atoms with van der Waals surface area (Å²) in [6, 6.07) is 44.1. The van der Waals surface area contributed by atoms with Gasteiger partial charge < -0.3 is 28.7 Å². The van der Waals surface area contributed by atoms with Crippen LogP contribution in [0.4, 0.5) is 11.5 Å². The van der Waals surface area contributed by atoms with Crippen molar-refractivity contribution >= 4 is 54.0 Å². The van der Waals surface area contributed by atoms with E-state index in [9.17, 15) is 24.5 Å². The standard InChI is InChI=1S/C54H58N6O10Si/c1-36(2)48(61)57-53-56-47-45(49(58-53)66-32-30-37-26-28-40(29-27-37)60(64)65)59(35-55-47)50-46(70-52(63)39-20-12-7-13-21-39)43(34-67-51(62)38-18-10-6-11-19-38)44(69-50)31-33-68-71(54(3,4)5,41-22-14-8-15-23-41)42-24-16-9-17-25-42/h6-29,35-36,43-44,46,49-50H,30-34H2,1-5H3,(H2,56,57,58,61)/t43-,44-,46-,49?,50-/m1/s1. The van der Waals surface area contributed by atoms with Crippen LogP contribution >= 0.6 is 0 Å². The third-order valence-electron chi connectivity index (χ3n) is 12.7. The summed E-state index contributed by atoms with van der Waals surface area (Å²) in [5.74, 6) is -2.13. The molecule has 3 heterocycles. The molecule has 1 aromatic heterocycles. The minimum Gasteiger partial charge on any atom is -0.462 e. The van der Waals surface area contributed by atoms with Crippen molar-refractivity contribution in [2.75, 3.05) is 25.1 Å². The molecule has 2 aliphatic heterocycles. The van der Waals surface area contributed by atoms with E-state index in [0.717, 1.165) is 15.9 Å². The molecule has 0 bridgehead atoms. The summed E-state index contributed by atoms with van der Waals surface area (Å²) >= 11 is 0. The summed E-state index contributed by atoms with van der Waals surface area (Å²) < 4.78 is 35.2. The molecule has 1 amide bonds. The largest absolute Gasteiger partial charge is 0.462 e. The van der Waals surface area contributed by atoms with Gasteiger partial charge >= 0.3 is 11.9 Å². The fraction of sp³-hybridized carbons (Fsp3) is 0.315. The van der Waals surface area contributed by atoms with Crippen molar-refractivity contribution in [1.29, 1.82) is 0 Å². The quantitative estimate of drug-likeness (QED) is 0.0364. The molecule has 1 saturated heterocycles. The van der Waals surface area contributed by atoms with E-state index in [1.807, 2.05) is 42.5 Å². The Kier molecular flexibility index (Phi) is 15.7. The molecular weight excluding hydrogens is 921 g/mol. The molecule has 17 heteroatoms. The predicted molar refractivity (Wildman–Crippen MR) is 270 cm³/mol. The normalized spacial score (nSPS) is 18.7. The number of ether oxygens (including phenoxy) is 4. The molecule has 2 N–H and O–H groups in total. The monoisotopic (exact) mass is 978 g/mol. The minimum absolute atomic E-state index is 0.0308. The Morgan fingerprint density at radius 3 is 1.96 bits per heavy atom. The highest BCUT2D eigenvalue weighted by molar-refractivity contribution is 6.99. The van der Waals surface area contributed by atoms with Crippen molar-refractivity contribution in [3.63, 3.8) is 0 Å². The van der Waals surface area contributed by atoms with Crippen LogP contribution in [0.15, 0.2) is 157 Å². The van der Waals surface area contributed by atoms with Crippen LogP contribution < -0.4 is 21.0 Å². The van der Waals surface area contributed by atoms with Crippen LogP contribution in [0.3, 0.4) is 0 Å². The first-order chi connectivity index (χ1) is 34.2. The zero-order valence-electron chi connectivity index (χ0n) is 40.3. The first-order valence-corrected chi connectivity index (χ1v) is 25.6. The van der Waals surface area contributed by atoms with Gasteiger partial charge in [0.25, 0.3) is 14.0 Å². The molecule has 2 aliphatic rings. The molecule has 0 spiro atoms.